The third-order valence-corrected chi connectivity index (χ3v) is 3.70. The highest BCUT2D eigenvalue weighted by molar-refractivity contribution is 6.35. The van der Waals surface area contributed by atoms with E-state index in [4.69, 9.17) is 17.3 Å². The van der Waals surface area contributed by atoms with Gasteiger partial charge in [0.1, 0.15) is 0 Å². The predicted octanol–water partition coefficient (Wildman–Crippen LogP) is 3.65. The molecule has 1 aromatic carbocycles. The van der Waals surface area contributed by atoms with Crippen molar-refractivity contribution in [2.75, 3.05) is 5.32 Å². The lowest BCUT2D eigenvalue weighted by molar-refractivity contribution is -0.116. The number of hydrogen-bond donors (Lipinski definition) is 2. The average molecular weight is 306 g/mol. The molecule has 0 radical (unpaired) electrons. The van der Waals surface area contributed by atoms with Crippen molar-refractivity contribution in [1.29, 1.82) is 0 Å². The SMILES string of the molecule is CCCC(N)CC(=O)Nc1c(Cl)cc(C)c2ncccc12. The summed E-state index contributed by atoms with van der Waals surface area (Å²) in [4.78, 5) is 16.5. The molecule has 1 unspecified atom stereocenters. The van der Waals surface area contributed by atoms with Crippen LogP contribution in [0.5, 0.6) is 0 Å². The van der Waals surface area contributed by atoms with Crippen molar-refractivity contribution in [2.45, 2.75) is 39.2 Å². The zero-order valence-corrected chi connectivity index (χ0v) is 13.1. The molecule has 0 fully saturated rings. The zero-order chi connectivity index (χ0) is 15.4. The highest BCUT2D eigenvalue weighted by atomic mass is 35.5. The van der Waals surface area contributed by atoms with Gasteiger partial charge in [-0.2, -0.15) is 0 Å². The van der Waals surface area contributed by atoms with E-state index in [-0.39, 0.29) is 11.9 Å². The van der Waals surface area contributed by atoms with Crippen molar-refractivity contribution in [2.24, 2.45) is 5.73 Å². The van der Waals surface area contributed by atoms with Crippen LogP contribution in [-0.2, 0) is 4.79 Å². The quantitative estimate of drug-likeness (QED) is 0.886. The molecule has 0 saturated carbocycles. The summed E-state index contributed by atoms with van der Waals surface area (Å²) in [6.07, 6.45) is 3.82. The third kappa shape index (κ3) is 3.71. The van der Waals surface area contributed by atoms with E-state index >= 15 is 0 Å². The molecular formula is C16H20ClN3O. The lowest BCUT2D eigenvalue weighted by Crippen LogP contribution is -2.27. The van der Waals surface area contributed by atoms with E-state index in [9.17, 15) is 4.79 Å². The molecule has 0 saturated heterocycles. The Morgan fingerprint density at radius 1 is 1.52 bits per heavy atom. The van der Waals surface area contributed by atoms with Crippen molar-refractivity contribution >= 4 is 34.1 Å². The fraction of sp³-hybridized carbons (Fsp3) is 0.375. The monoisotopic (exact) mass is 305 g/mol. The van der Waals surface area contributed by atoms with Crippen molar-refractivity contribution in [3.8, 4) is 0 Å². The Morgan fingerprint density at radius 2 is 2.29 bits per heavy atom. The van der Waals surface area contributed by atoms with Crippen LogP contribution in [-0.4, -0.2) is 16.9 Å². The van der Waals surface area contributed by atoms with E-state index in [0.29, 0.717) is 17.1 Å². The third-order valence-electron chi connectivity index (χ3n) is 3.40. The van der Waals surface area contributed by atoms with Gasteiger partial charge in [-0.05, 0) is 37.1 Å². The number of carbonyl (C=O) groups excluding carboxylic acids is 1. The van der Waals surface area contributed by atoms with Crippen LogP contribution in [0.2, 0.25) is 5.02 Å². The predicted molar refractivity (Wildman–Crippen MR) is 87.6 cm³/mol. The first-order chi connectivity index (χ1) is 10.0. The summed E-state index contributed by atoms with van der Waals surface area (Å²) in [6.45, 7) is 4.00. The number of aryl methyl sites for hydroxylation is 1. The van der Waals surface area contributed by atoms with Crippen LogP contribution in [0.4, 0.5) is 5.69 Å². The van der Waals surface area contributed by atoms with Gasteiger partial charge >= 0.3 is 0 Å². The second-order valence-electron chi connectivity index (χ2n) is 5.25. The highest BCUT2D eigenvalue weighted by Crippen LogP contribution is 2.32. The maximum absolute atomic E-state index is 12.1. The van der Waals surface area contributed by atoms with Crippen molar-refractivity contribution < 1.29 is 4.79 Å². The van der Waals surface area contributed by atoms with E-state index in [1.54, 1.807) is 6.20 Å². The van der Waals surface area contributed by atoms with Gasteiger partial charge in [0, 0.05) is 24.0 Å². The highest BCUT2D eigenvalue weighted by Gasteiger charge is 2.14. The second-order valence-corrected chi connectivity index (χ2v) is 5.66. The maximum atomic E-state index is 12.1. The molecule has 0 aliphatic heterocycles. The number of nitrogens with one attached hydrogen (secondary N) is 1. The van der Waals surface area contributed by atoms with Gasteiger partial charge in [0.25, 0.3) is 0 Å². The van der Waals surface area contributed by atoms with Gasteiger partial charge in [-0.25, -0.2) is 0 Å². The number of hydrogen-bond acceptors (Lipinski definition) is 3. The maximum Gasteiger partial charge on any atom is 0.225 e. The van der Waals surface area contributed by atoms with Gasteiger partial charge < -0.3 is 11.1 Å². The second kappa shape index (κ2) is 6.87. The van der Waals surface area contributed by atoms with Crippen LogP contribution in [0, 0.1) is 6.92 Å². The van der Waals surface area contributed by atoms with Gasteiger partial charge in [-0.3, -0.25) is 9.78 Å². The fourth-order valence-electron chi connectivity index (χ4n) is 2.41. The molecule has 0 aliphatic rings. The minimum atomic E-state index is -0.122. The number of aromatic nitrogens is 1. The summed E-state index contributed by atoms with van der Waals surface area (Å²) >= 11 is 6.28. The molecule has 1 aromatic heterocycles. The summed E-state index contributed by atoms with van der Waals surface area (Å²) in [5.74, 6) is -0.119. The molecule has 2 aromatic rings. The molecule has 0 spiro atoms. The Kier molecular flexibility index (Phi) is 5.15. The van der Waals surface area contributed by atoms with Crippen LogP contribution >= 0.6 is 11.6 Å². The van der Waals surface area contributed by atoms with Gasteiger partial charge in [-0.1, -0.05) is 24.9 Å². The molecule has 3 N–H and O–H groups in total. The van der Waals surface area contributed by atoms with Crippen molar-refractivity contribution in [3.05, 3.63) is 35.0 Å². The molecule has 1 amide bonds. The number of carbonyl (C=O) groups is 1. The topological polar surface area (TPSA) is 68.0 Å². The molecule has 4 nitrogen and oxygen atoms in total. The minimum absolute atomic E-state index is 0.119. The van der Waals surface area contributed by atoms with E-state index in [2.05, 4.69) is 10.3 Å². The van der Waals surface area contributed by atoms with Crippen molar-refractivity contribution in [3.63, 3.8) is 0 Å². The average Bonchev–Trinajstić information content (AvgIpc) is 2.43. The number of pyridine rings is 1. The Labute approximate surface area is 129 Å². The Hall–Kier alpha value is -1.65. The van der Waals surface area contributed by atoms with Gasteiger partial charge in [-0.15, -0.1) is 0 Å². The van der Waals surface area contributed by atoms with Crippen LogP contribution in [0.1, 0.15) is 31.7 Å². The molecule has 0 bridgehead atoms. The van der Waals surface area contributed by atoms with Crippen molar-refractivity contribution in [1.82, 2.24) is 4.98 Å². The lowest BCUT2D eigenvalue weighted by Gasteiger charge is -2.14. The van der Waals surface area contributed by atoms with Gasteiger partial charge in [0.05, 0.1) is 16.2 Å². The molecule has 1 atom stereocenters. The van der Waals surface area contributed by atoms with Crippen LogP contribution in [0.25, 0.3) is 10.9 Å². The van der Waals surface area contributed by atoms with Crippen LogP contribution < -0.4 is 11.1 Å². The first-order valence-electron chi connectivity index (χ1n) is 7.12. The fourth-order valence-corrected chi connectivity index (χ4v) is 2.72. The van der Waals surface area contributed by atoms with E-state index in [0.717, 1.165) is 29.3 Å². The minimum Gasteiger partial charge on any atom is -0.327 e. The van der Waals surface area contributed by atoms with Crippen LogP contribution in [0.15, 0.2) is 24.4 Å². The number of rotatable bonds is 5. The standard InChI is InChI=1S/C16H20ClN3O/c1-3-5-11(18)9-14(21)20-16-12-6-4-7-19-15(12)10(2)8-13(16)17/h4,6-8,11H,3,5,9,18H2,1-2H3,(H,20,21). The Bertz CT molecular complexity index is 657. The molecular weight excluding hydrogens is 286 g/mol. The van der Waals surface area contributed by atoms with Crippen LogP contribution in [0.3, 0.4) is 0 Å². The summed E-state index contributed by atoms with van der Waals surface area (Å²) in [6, 6.07) is 5.43. The summed E-state index contributed by atoms with van der Waals surface area (Å²) in [7, 11) is 0. The summed E-state index contributed by atoms with van der Waals surface area (Å²) in [5, 5.41) is 4.24. The number of nitrogens with zero attached hydrogens (tertiary/aromatic N) is 1. The van der Waals surface area contributed by atoms with E-state index in [1.165, 1.54) is 0 Å². The molecule has 21 heavy (non-hydrogen) atoms. The van der Waals surface area contributed by atoms with Gasteiger partial charge in [0.15, 0.2) is 0 Å². The smallest absolute Gasteiger partial charge is 0.225 e. The zero-order valence-electron chi connectivity index (χ0n) is 12.3. The number of anilines is 1. The van der Waals surface area contributed by atoms with E-state index in [1.807, 2.05) is 32.0 Å². The molecule has 1 heterocycles. The Morgan fingerprint density at radius 3 is 3.00 bits per heavy atom. The van der Waals surface area contributed by atoms with Gasteiger partial charge in [0.2, 0.25) is 5.91 Å². The number of benzene rings is 1. The molecule has 112 valence electrons. The number of halogens is 1. The molecule has 0 aliphatic carbocycles. The van der Waals surface area contributed by atoms with E-state index < -0.39 is 0 Å². The largest absolute Gasteiger partial charge is 0.327 e. The molecule has 2 rings (SSSR count). The normalized spacial score (nSPS) is 12.4. The lowest BCUT2D eigenvalue weighted by atomic mass is 10.1. The number of fused-ring (bicyclic) bond motifs is 1. The Balaban J connectivity index is 2.28. The number of amides is 1. The summed E-state index contributed by atoms with van der Waals surface area (Å²) in [5.41, 5.74) is 8.34. The molecule has 5 heteroatoms. The summed E-state index contributed by atoms with van der Waals surface area (Å²) < 4.78 is 0. The number of nitrogens with two attached hydrogens (primary N) is 1. The first kappa shape index (κ1) is 15.7. The first-order valence-corrected chi connectivity index (χ1v) is 7.50.